The predicted octanol–water partition coefficient (Wildman–Crippen LogP) is 2.21. The van der Waals surface area contributed by atoms with Crippen molar-refractivity contribution in [3.05, 3.63) is 34.4 Å². The van der Waals surface area contributed by atoms with E-state index in [-0.39, 0.29) is 35.9 Å². The van der Waals surface area contributed by atoms with Crippen molar-refractivity contribution in [2.75, 3.05) is 12.4 Å². The molecule has 0 aliphatic heterocycles. The highest BCUT2D eigenvalue weighted by Gasteiger charge is 2.15. The molecule has 21 heavy (non-hydrogen) atoms. The average Bonchev–Trinajstić information content (AvgIpc) is 2.45. The second kappa shape index (κ2) is 8.63. The zero-order chi connectivity index (χ0) is 15.8. The molecule has 1 rings (SSSR count). The van der Waals surface area contributed by atoms with E-state index in [1.807, 2.05) is 13.8 Å². The Morgan fingerprint density at radius 1 is 1.38 bits per heavy atom. The van der Waals surface area contributed by atoms with Gasteiger partial charge in [0.2, 0.25) is 5.91 Å². The maximum absolute atomic E-state index is 11.9. The van der Waals surface area contributed by atoms with Gasteiger partial charge in [0.15, 0.2) is 0 Å². The van der Waals surface area contributed by atoms with Crippen LogP contribution in [0.2, 0.25) is 0 Å². The Labute approximate surface area is 128 Å². The average molecular weight is 312 g/mol. The highest BCUT2D eigenvalue weighted by atomic mass is 32.2. The van der Waals surface area contributed by atoms with Crippen molar-refractivity contribution >= 4 is 23.4 Å². The van der Waals surface area contributed by atoms with Gasteiger partial charge in [-0.15, -0.1) is 11.8 Å². The first-order chi connectivity index (χ1) is 9.93. The van der Waals surface area contributed by atoms with Crippen molar-refractivity contribution in [3.8, 4) is 0 Å². The molecule has 0 saturated heterocycles. The minimum atomic E-state index is -0.455. The van der Waals surface area contributed by atoms with Crippen LogP contribution in [0.1, 0.15) is 20.3 Å². The van der Waals surface area contributed by atoms with E-state index in [0.29, 0.717) is 6.42 Å². The Hall–Kier alpha value is -1.60. The van der Waals surface area contributed by atoms with Gasteiger partial charge in [-0.3, -0.25) is 14.9 Å². The van der Waals surface area contributed by atoms with Gasteiger partial charge in [-0.05, 0) is 24.5 Å². The smallest absolute Gasteiger partial charge is 0.269 e. The quantitative estimate of drug-likeness (QED) is 0.436. The van der Waals surface area contributed by atoms with E-state index in [4.69, 9.17) is 5.11 Å². The molecule has 6 nitrogen and oxygen atoms in total. The first kappa shape index (κ1) is 17.5. The Morgan fingerprint density at radius 3 is 2.48 bits per heavy atom. The maximum Gasteiger partial charge on any atom is 0.269 e. The van der Waals surface area contributed by atoms with Gasteiger partial charge in [0.1, 0.15) is 0 Å². The molecule has 1 aromatic rings. The van der Waals surface area contributed by atoms with E-state index in [1.54, 1.807) is 12.1 Å². The number of nitro benzene ring substituents is 1. The van der Waals surface area contributed by atoms with E-state index in [2.05, 4.69) is 5.32 Å². The Kier molecular flexibility index (Phi) is 7.18. The molecule has 1 unspecified atom stereocenters. The summed E-state index contributed by atoms with van der Waals surface area (Å²) in [6, 6.07) is 6.05. The SMILES string of the molecule is CC(C)C(CCO)NC(=O)CSc1ccc([N+](=O)[O-])cc1. The monoisotopic (exact) mass is 312 g/mol. The zero-order valence-corrected chi connectivity index (χ0v) is 12.9. The molecule has 0 spiro atoms. The number of nitrogens with zero attached hydrogens (tertiary/aromatic N) is 1. The molecular weight excluding hydrogens is 292 g/mol. The van der Waals surface area contributed by atoms with E-state index >= 15 is 0 Å². The van der Waals surface area contributed by atoms with Crippen LogP contribution < -0.4 is 5.32 Å². The fourth-order valence-electron chi connectivity index (χ4n) is 1.77. The molecule has 0 heterocycles. The molecule has 1 atom stereocenters. The van der Waals surface area contributed by atoms with E-state index in [1.165, 1.54) is 23.9 Å². The highest BCUT2D eigenvalue weighted by molar-refractivity contribution is 8.00. The molecule has 1 aromatic carbocycles. The Balaban J connectivity index is 2.46. The molecule has 0 aliphatic carbocycles. The van der Waals surface area contributed by atoms with Crippen LogP contribution in [0, 0.1) is 16.0 Å². The lowest BCUT2D eigenvalue weighted by molar-refractivity contribution is -0.384. The summed E-state index contributed by atoms with van der Waals surface area (Å²) >= 11 is 1.32. The van der Waals surface area contributed by atoms with Gasteiger partial charge < -0.3 is 10.4 Å². The predicted molar refractivity (Wildman–Crippen MR) is 82.3 cm³/mol. The zero-order valence-electron chi connectivity index (χ0n) is 12.1. The van der Waals surface area contributed by atoms with Crippen LogP contribution in [-0.2, 0) is 4.79 Å². The Morgan fingerprint density at radius 2 is 2.00 bits per heavy atom. The molecular formula is C14H20N2O4S. The lowest BCUT2D eigenvalue weighted by atomic mass is 10.0. The molecule has 2 N–H and O–H groups in total. The van der Waals surface area contributed by atoms with Crippen LogP contribution in [0.5, 0.6) is 0 Å². The summed E-state index contributed by atoms with van der Waals surface area (Å²) in [5, 5.41) is 22.4. The number of hydrogen-bond donors (Lipinski definition) is 2. The highest BCUT2D eigenvalue weighted by Crippen LogP contribution is 2.21. The number of thioether (sulfide) groups is 1. The number of carbonyl (C=O) groups is 1. The number of non-ortho nitro benzene ring substituents is 1. The van der Waals surface area contributed by atoms with Gasteiger partial charge in [-0.25, -0.2) is 0 Å². The number of nitrogens with one attached hydrogen (secondary N) is 1. The van der Waals surface area contributed by atoms with Crippen LogP contribution >= 0.6 is 11.8 Å². The molecule has 1 amide bonds. The fourth-order valence-corrected chi connectivity index (χ4v) is 2.48. The second-order valence-corrected chi connectivity index (χ2v) is 6.02. The lowest BCUT2D eigenvalue weighted by Gasteiger charge is -2.21. The van der Waals surface area contributed by atoms with Gasteiger partial charge >= 0.3 is 0 Å². The first-order valence-corrected chi connectivity index (χ1v) is 7.70. The third-order valence-corrected chi connectivity index (χ3v) is 4.02. The normalized spacial score (nSPS) is 12.2. The molecule has 0 radical (unpaired) electrons. The van der Waals surface area contributed by atoms with Gasteiger partial charge in [0.25, 0.3) is 5.69 Å². The van der Waals surface area contributed by atoms with Crippen LogP contribution in [0.25, 0.3) is 0 Å². The van der Waals surface area contributed by atoms with Crippen molar-refractivity contribution < 1.29 is 14.8 Å². The fraction of sp³-hybridized carbons (Fsp3) is 0.500. The third-order valence-electron chi connectivity index (χ3n) is 3.01. The van der Waals surface area contributed by atoms with Gasteiger partial charge in [0, 0.05) is 29.7 Å². The van der Waals surface area contributed by atoms with Crippen molar-refractivity contribution in [1.29, 1.82) is 0 Å². The molecule has 0 bridgehead atoms. The number of aliphatic hydroxyl groups is 1. The number of rotatable bonds is 8. The topological polar surface area (TPSA) is 92.5 Å². The van der Waals surface area contributed by atoms with Crippen LogP contribution in [0.3, 0.4) is 0 Å². The number of benzene rings is 1. The van der Waals surface area contributed by atoms with Crippen LogP contribution in [-0.4, -0.2) is 34.3 Å². The number of carbonyl (C=O) groups excluding carboxylic acids is 1. The van der Waals surface area contributed by atoms with E-state index in [0.717, 1.165) is 4.90 Å². The van der Waals surface area contributed by atoms with Crippen LogP contribution in [0.4, 0.5) is 5.69 Å². The molecule has 0 fully saturated rings. The largest absolute Gasteiger partial charge is 0.396 e. The number of aliphatic hydroxyl groups excluding tert-OH is 1. The van der Waals surface area contributed by atoms with Crippen molar-refractivity contribution in [2.24, 2.45) is 5.92 Å². The van der Waals surface area contributed by atoms with Crippen molar-refractivity contribution in [2.45, 2.75) is 31.2 Å². The first-order valence-electron chi connectivity index (χ1n) is 6.71. The second-order valence-electron chi connectivity index (χ2n) is 4.97. The van der Waals surface area contributed by atoms with Gasteiger partial charge in [-0.2, -0.15) is 0 Å². The number of amides is 1. The lowest BCUT2D eigenvalue weighted by Crippen LogP contribution is -2.40. The van der Waals surface area contributed by atoms with Gasteiger partial charge in [0.05, 0.1) is 10.7 Å². The summed E-state index contributed by atoms with van der Waals surface area (Å²) in [5.74, 6) is 0.392. The van der Waals surface area contributed by atoms with Crippen molar-refractivity contribution in [3.63, 3.8) is 0 Å². The minimum absolute atomic E-state index is 0.0339. The standard InChI is InChI=1S/C14H20N2O4S/c1-10(2)13(7-8-17)15-14(18)9-21-12-5-3-11(4-6-12)16(19)20/h3-6,10,13,17H,7-9H2,1-2H3,(H,15,18). The summed E-state index contributed by atoms with van der Waals surface area (Å²) in [6.45, 7) is 4.02. The van der Waals surface area contributed by atoms with Gasteiger partial charge in [-0.1, -0.05) is 13.8 Å². The summed E-state index contributed by atoms with van der Waals surface area (Å²) in [7, 11) is 0. The van der Waals surface area contributed by atoms with E-state index in [9.17, 15) is 14.9 Å². The van der Waals surface area contributed by atoms with E-state index < -0.39 is 4.92 Å². The summed E-state index contributed by atoms with van der Waals surface area (Å²) < 4.78 is 0. The number of nitro groups is 1. The summed E-state index contributed by atoms with van der Waals surface area (Å²) in [6.07, 6.45) is 0.533. The molecule has 0 saturated carbocycles. The minimum Gasteiger partial charge on any atom is -0.396 e. The third kappa shape index (κ3) is 6.14. The number of hydrogen-bond acceptors (Lipinski definition) is 5. The maximum atomic E-state index is 11.9. The summed E-state index contributed by atoms with van der Waals surface area (Å²) in [4.78, 5) is 22.7. The van der Waals surface area contributed by atoms with Crippen LogP contribution in [0.15, 0.2) is 29.2 Å². The Bertz CT molecular complexity index is 476. The summed E-state index contributed by atoms with van der Waals surface area (Å²) in [5.41, 5.74) is 0.0339. The van der Waals surface area contributed by atoms with Crippen molar-refractivity contribution in [1.82, 2.24) is 5.32 Å². The molecule has 116 valence electrons. The molecule has 7 heteroatoms. The molecule has 0 aromatic heterocycles. The molecule has 0 aliphatic rings.